The minimum Gasteiger partial charge on any atom is -0.205 e. The van der Waals surface area contributed by atoms with Crippen molar-refractivity contribution in [1.82, 2.24) is 0 Å². The van der Waals surface area contributed by atoms with Gasteiger partial charge in [0.1, 0.15) is 7.05 Å². The van der Waals surface area contributed by atoms with Crippen LogP contribution >= 0.6 is 22.6 Å². The van der Waals surface area contributed by atoms with Crippen LogP contribution in [0, 0.1) is 17.4 Å². The van der Waals surface area contributed by atoms with Gasteiger partial charge in [-0.1, -0.05) is 0 Å². The summed E-state index contributed by atoms with van der Waals surface area (Å²) in [7, 11) is 2.07. The van der Waals surface area contributed by atoms with Gasteiger partial charge >= 0.3 is 0 Å². The van der Waals surface area contributed by atoms with E-state index in [1.54, 1.807) is 0 Å². The van der Waals surface area contributed by atoms with Crippen molar-refractivity contribution in [3.05, 3.63) is 27.1 Å². The van der Waals surface area contributed by atoms with Crippen LogP contribution in [0.25, 0.3) is 0 Å². The molecule has 0 saturated carbocycles. The minimum absolute atomic E-state index is 1.34. The van der Waals surface area contributed by atoms with Crippen molar-refractivity contribution in [2.45, 2.75) is 13.8 Å². The fraction of sp³-hybridized carbons (Fsp3) is 0.375. The lowest BCUT2D eigenvalue weighted by molar-refractivity contribution is -0.678. The first-order valence-electron chi connectivity index (χ1n) is 3.24. The van der Waals surface area contributed by atoms with Crippen LogP contribution in [-0.2, 0) is 7.05 Å². The van der Waals surface area contributed by atoms with Crippen LogP contribution in [-0.4, -0.2) is 0 Å². The Bertz CT molecular complexity index is 229. The molecule has 0 radical (unpaired) electrons. The van der Waals surface area contributed by atoms with Crippen LogP contribution in [0.2, 0.25) is 0 Å². The summed E-state index contributed by atoms with van der Waals surface area (Å²) in [4.78, 5) is 0. The van der Waals surface area contributed by atoms with Crippen LogP contribution in [0.3, 0.4) is 0 Å². The van der Waals surface area contributed by atoms with E-state index < -0.39 is 0 Å². The van der Waals surface area contributed by atoms with Crippen molar-refractivity contribution in [3.8, 4) is 0 Å². The molecule has 1 rings (SSSR count). The molecule has 1 aromatic heterocycles. The lowest BCUT2D eigenvalue weighted by atomic mass is 10.2. The number of hydrogen-bond acceptors (Lipinski definition) is 0. The zero-order chi connectivity index (χ0) is 7.72. The van der Waals surface area contributed by atoms with Gasteiger partial charge in [-0.15, -0.1) is 0 Å². The van der Waals surface area contributed by atoms with Crippen molar-refractivity contribution < 1.29 is 4.57 Å². The van der Waals surface area contributed by atoms with Gasteiger partial charge in [0.25, 0.3) is 0 Å². The number of aromatic nitrogens is 1. The number of rotatable bonds is 0. The summed E-state index contributed by atoms with van der Waals surface area (Å²) in [6.45, 7) is 4.29. The smallest absolute Gasteiger partial charge is 0.181 e. The van der Waals surface area contributed by atoms with E-state index in [0.29, 0.717) is 0 Å². The molecule has 2 heteroatoms. The third-order valence-corrected chi connectivity index (χ3v) is 3.04. The molecule has 1 nitrogen and oxygen atoms in total. The number of halogens is 1. The van der Waals surface area contributed by atoms with Crippen LogP contribution in [0.5, 0.6) is 0 Å². The number of nitrogens with zero attached hydrogens (tertiary/aromatic N) is 1. The molecule has 0 unspecified atom stereocenters. The van der Waals surface area contributed by atoms with E-state index >= 15 is 0 Å². The quantitative estimate of drug-likeness (QED) is 0.486. The molecule has 0 amide bonds. The highest BCUT2D eigenvalue weighted by molar-refractivity contribution is 14.1. The molecule has 1 heterocycles. The highest BCUT2D eigenvalue weighted by Gasteiger charge is 2.05. The van der Waals surface area contributed by atoms with E-state index in [9.17, 15) is 0 Å². The molecule has 0 atom stereocenters. The van der Waals surface area contributed by atoms with Crippen LogP contribution < -0.4 is 4.57 Å². The van der Waals surface area contributed by atoms with Crippen molar-refractivity contribution in [1.29, 1.82) is 0 Å². The molecule has 0 bridgehead atoms. The highest BCUT2D eigenvalue weighted by Crippen LogP contribution is 2.10. The zero-order valence-electron chi connectivity index (χ0n) is 6.48. The normalized spacial score (nSPS) is 10.0. The summed E-state index contributed by atoms with van der Waals surface area (Å²) in [6, 6.07) is 2.13. The summed E-state index contributed by atoms with van der Waals surface area (Å²) in [5.74, 6) is 0. The second-order valence-electron chi connectivity index (χ2n) is 2.48. The maximum atomic E-state index is 2.35. The van der Waals surface area contributed by atoms with Gasteiger partial charge in [-0.3, -0.25) is 0 Å². The van der Waals surface area contributed by atoms with Gasteiger partial charge in [-0.2, -0.15) is 0 Å². The van der Waals surface area contributed by atoms with E-state index in [1.165, 1.54) is 14.8 Å². The van der Waals surface area contributed by atoms with Gasteiger partial charge in [-0.05, 0) is 29.5 Å². The fourth-order valence-electron chi connectivity index (χ4n) is 0.851. The van der Waals surface area contributed by atoms with Gasteiger partial charge in [0.2, 0.25) is 0 Å². The van der Waals surface area contributed by atoms with Gasteiger partial charge in [0.15, 0.2) is 11.9 Å². The average Bonchev–Trinajstić information content (AvgIpc) is 1.93. The van der Waals surface area contributed by atoms with Gasteiger partial charge in [0, 0.05) is 22.1 Å². The maximum Gasteiger partial charge on any atom is 0.181 e. The number of hydrogen-bond donors (Lipinski definition) is 0. The summed E-state index contributed by atoms with van der Waals surface area (Å²) in [5.41, 5.74) is 2.72. The van der Waals surface area contributed by atoms with Crippen molar-refractivity contribution in [2.75, 3.05) is 0 Å². The second kappa shape index (κ2) is 2.86. The van der Waals surface area contributed by atoms with Crippen LogP contribution in [0.4, 0.5) is 0 Å². The Kier molecular flexibility index (Phi) is 2.28. The van der Waals surface area contributed by atoms with E-state index in [0.717, 1.165) is 0 Å². The molecule has 0 fully saturated rings. The van der Waals surface area contributed by atoms with Gasteiger partial charge in [0.05, 0.1) is 0 Å². The monoisotopic (exact) mass is 248 g/mol. The molecular weight excluding hydrogens is 237 g/mol. The first-order valence-corrected chi connectivity index (χ1v) is 4.32. The fourth-order valence-corrected chi connectivity index (χ4v) is 1.40. The molecule has 0 saturated heterocycles. The molecule has 0 spiro atoms. The largest absolute Gasteiger partial charge is 0.205 e. The van der Waals surface area contributed by atoms with Crippen molar-refractivity contribution >= 4 is 22.6 Å². The lowest BCUT2D eigenvalue weighted by Gasteiger charge is -1.98. The summed E-state index contributed by atoms with van der Waals surface area (Å²) < 4.78 is 3.48. The maximum absolute atomic E-state index is 2.35. The van der Waals surface area contributed by atoms with Crippen LogP contribution in [0.15, 0.2) is 12.3 Å². The molecule has 0 aromatic carbocycles. The molecule has 54 valence electrons. The summed E-state index contributed by atoms with van der Waals surface area (Å²) in [5, 5.41) is 0. The van der Waals surface area contributed by atoms with E-state index in [-0.39, 0.29) is 0 Å². The van der Waals surface area contributed by atoms with Crippen LogP contribution in [0.1, 0.15) is 11.3 Å². The Hall–Kier alpha value is -0.120. The average molecular weight is 248 g/mol. The Labute approximate surface area is 75.2 Å². The molecule has 0 aliphatic heterocycles. The summed E-state index contributed by atoms with van der Waals surface area (Å²) in [6.07, 6.45) is 2.09. The molecule has 0 aliphatic rings. The topological polar surface area (TPSA) is 3.88 Å². The summed E-state index contributed by atoms with van der Waals surface area (Å²) >= 11 is 2.35. The van der Waals surface area contributed by atoms with Gasteiger partial charge in [-0.25, -0.2) is 4.57 Å². The minimum atomic E-state index is 1.34. The predicted octanol–water partition coefficient (Wildman–Crippen LogP) is 1.73. The first kappa shape index (κ1) is 7.98. The SMILES string of the molecule is Cc1c(I)cc[n+](C)c1C. The molecular formula is C8H11IN+. The van der Waals surface area contributed by atoms with Crippen molar-refractivity contribution in [3.63, 3.8) is 0 Å². The third kappa shape index (κ3) is 1.31. The third-order valence-electron chi connectivity index (χ3n) is 1.87. The van der Waals surface area contributed by atoms with E-state index in [1.807, 2.05) is 0 Å². The standard InChI is InChI=1S/C8H11IN/c1-6-7(2)10(3)5-4-8(6)9/h4-5H,1-3H3/q+1. The molecule has 0 N–H and O–H groups in total. The molecule has 10 heavy (non-hydrogen) atoms. The number of pyridine rings is 1. The molecule has 0 aliphatic carbocycles. The highest BCUT2D eigenvalue weighted by atomic mass is 127. The predicted molar refractivity (Wildman–Crippen MR) is 49.8 cm³/mol. The van der Waals surface area contributed by atoms with E-state index in [4.69, 9.17) is 0 Å². The Balaban J connectivity index is 3.34. The van der Waals surface area contributed by atoms with Gasteiger partial charge < -0.3 is 0 Å². The molecule has 1 aromatic rings. The Morgan fingerprint density at radius 3 is 2.50 bits per heavy atom. The zero-order valence-corrected chi connectivity index (χ0v) is 8.64. The Morgan fingerprint density at radius 1 is 1.40 bits per heavy atom. The van der Waals surface area contributed by atoms with E-state index in [2.05, 4.69) is 60.3 Å². The first-order chi connectivity index (χ1) is 4.63. The second-order valence-corrected chi connectivity index (χ2v) is 3.65. The van der Waals surface area contributed by atoms with Crippen molar-refractivity contribution in [2.24, 2.45) is 7.05 Å². The Morgan fingerprint density at radius 2 is 2.00 bits per heavy atom. The number of aryl methyl sites for hydroxylation is 1. The lowest BCUT2D eigenvalue weighted by Crippen LogP contribution is -2.32.